The zero-order valence-electron chi connectivity index (χ0n) is 19.8. The fourth-order valence-corrected chi connectivity index (χ4v) is 9.26. The van der Waals surface area contributed by atoms with E-state index in [1.165, 1.54) is 38.5 Å². The quantitative estimate of drug-likeness (QED) is 0.696. The minimum Gasteiger partial charge on any atom is -0.393 e. The van der Waals surface area contributed by atoms with Gasteiger partial charge in [0.25, 0.3) is 0 Å². The summed E-state index contributed by atoms with van der Waals surface area (Å²) in [6.45, 7) is 7.16. The van der Waals surface area contributed by atoms with Gasteiger partial charge >= 0.3 is 0 Å². The van der Waals surface area contributed by atoms with Crippen molar-refractivity contribution in [1.82, 2.24) is 9.97 Å². The Bertz CT molecular complexity index is 783. The maximum Gasteiger partial charge on any atom is 0.128 e. The van der Waals surface area contributed by atoms with Gasteiger partial charge in [0, 0.05) is 18.8 Å². The van der Waals surface area contributed by atoms with Crippen molar-refractivity contribution in [2.24, 2.45) is 40.4 Å². The van der Waals surface area contributed by atoms with Crippen LogP contribution in [0.15, 0.2) is 18.5 Å². The molecular formula is C27H42N2O2. The van der Waals surface area contributed by atoms with E-state index in [0.717, 1.165) is 55.7 Å². The third-order valence-electron chi connectivity index (χ3n) is 10.9. The fourth-order valence-electron chi connectivity index (χ4n) is 9.26. The summed E-state index contributed by atoms with van der Waals surface area (Å²) in [7, 11) is 0. The molecule has 0 bridgehead atoms. The van der Waals surface area contributed by atoms with Gasteiger partial charge in [-0.15, -0.1) is 0 Å². The molecule has 9 atom stereocenters. The molecule has 4 nitrogen and oxygen atoms in total. The lowest BCUT2D eigenvalue weighted by Crippen LogP contribution is -2.55. The summed E-state index contributed by atoms with van der Waals surface area (Å²) in [5.41, 5.74) is 0.0138. The molecule has 5 rings (SSSR count). The number of aryl methyl sites for hydroxylation is 1. The van der Waals surface area contributed by atoms with E-state index in [0.29, 0.717) is 17.3 Å². The first kappa shape index (κ1) is 21.8. The maximum atomic E-state index is 11.7. The zero-order valence-corrected chi connectivity index (χ0v) is 19.8. The van der Waals surface area contributed by atoms with Gasteiger partial charge < -0.3 is 10.2 Å². The molecule has 4 saturated carbocycles. The van der Waals surface area contributed by atoms with Crippen molar-refractivity contribution < 1.29 is 10.2 Å². The van der Waals surface area contributed by atoms with Gasteiger partial charge in [-0.25, -0.2) is 9.97 Å². The molecular weight excluding hydrogens is 384 g/mol. The van der Waals surface area contributed by atoms with E-state index >= 15 is 0 Å². The summed E-state index contributed by atoms with van der Waals surface area (Å²) in [5, 5.41) is 21.9. The molecule has 0 amide bonds. The Labute approximate surface area is 188 Å². The lowest BCUT2D eigenvalue weighted by Gasteiger charge is -2.61. The predicted octanol–water partition coefficient (Wildman–Crippen LogP) is 5.18. The summed E-state index contributed by atoms with van der Waals surface area (Å²) >= 11 is 0. The Balaban J connectivity index is 1.33. The third-order valence-corrected chi connectivity index (χ3v) is 10.9. The van der Waals surface area contributed by atoms with Crippen LogP contribution in [-0.4, -0.2) is 31.9 Å². The van der Waals surface area contributed by atoms with Crippen molar-refractivity contribution in [3.63, 3.8) is 0 Å². The van der Waals surface area contributed by atoms with Crippen LogP contribution in [0.5, 0.6) is 0 Å². The molecule has 0 aliphatic heterocycles. The molecule has 0 radical (unpaired) electrons. The Morgan fingerprint density at radius 2 is 1.68 bits per heavy atom. The van der Waals surface area contributed by atoms with Crippen molar-refractivity contribution in [3.05, 3.63) is 24.3 Å². The highest BCUT2D eigenvalue weighted by Crippen LogP contribution is 2.68. The molecule has 2 N–H and O–H groups in total. The van der Waals surface area contributed by atoms with Gasteiger partial charge in [0.2, 0.25) is 0 Å². The van der Waals surface area contributed by atoms with Crippen LogP contribution in [0.25, 0.3) is 0 Å². The van der Waals surface area contributed by atoms with Gasteiger partial charge in [0.1, 0.15) is 5.82 Å². The summed E-state index contributed by atoms with van der Waals surface area (Å²) < 4.78 is 0. The van der Waals surface area contributed by atoms with Crippen LogP contribution >= 0.6 is 0 Å². The molecule has 1 aromatic heterocycles. The Morgan fingerprint density at radius 3 is 2.45 bits per heavy atom. The number of fused-ring (bicyclic) bond motifs is 5. The number of nitrogens with zero attached hydrogens (tertiary/aromatic N) is 2. The van der Waals surface area contributed by atoms with Crippen LogP contribution in [0.3, 0.4) is 0 Å². The monoisotopic (exact) mass is 426 g/mol. The van der Waals surface area contributed by atoms with Gasteiger partial charge in [-0.2, -0.15) is 0 Å². The average molecular weight is 427 g/mol. The number of aromatic nitrogens is 2. The first-order valence-corrected chi connectivity index (χ1v) is 12.9. The van der Waals surface area contributed by atoms with Gasteiger partial charge in [0.05, 0.1) is 11.7 Å². The molecule has 4 aliphatic rings. The molecule has 4 fully saturated rings. The number of aliphatic hydroxyl groups is 2. The van der Waals surface area contributed by atoms with Gasteiger partial charge in [0.15, 0.2) is 0 Å². The molecule has 31 heavy (non-hydrogen) atoms. The van der Waals surface area contributed by atoms with E-state index in [4.69, 9.17) is 0 Å². The zero-order chi connectivity index (χ0) is 21.9. The lowest BCUT2D eigenvalue weighted by atomic mass is 9.44. The lowest BCUT2D eigenvalue weighted by molar-refractivity contribution is -0.144. The highest BCUT2D eigenvalue weighted by molar-refractivity contribution is 5.12. The highest BCUT2D eigenvalue weighted by Gasteiger charge is 2.62. The first-order valence-electron chi connectivity index (χ1n) is 12.9. The number of rotatable bonds is 4. The SMILES string of the molecule is C[C@]12CC[C@H]3[C@@H](CCC4C[C@@H](O)CC[C@@]43C)[C@@H]1CC[C@@H]2[C@](C)(O)CCc1ncccn1. The van der Waals surface area contributed by atoms with E-state index in [1.54, 1.807) is 12.4 Å². The minimum atomic E-state index is -0.661. The molecule has 0 saturated heterocycles. The molecule has 172 valence electrons. The average Bonchev–Trinajstić information content (AvgIpc) is 3.12. The second-order valence-corrected chi connectivity index (χ2v) is 12.3. The molecule has 1 aromatic rings. The molecule has 0 spiro atoms. The van der Waals surface area contributed by atoms with Crippen molar-refractivity contribution in [1.29, 1.82) is 0 Å². The molecule has 4 heteroatoms. The third kappa shape index (κ3) is 3.57. The fraction of sp³-hybridized carbons (Fsp3) is 0.852. The Kier molecular flexibility index (Phi) is 5.49. The smallest absolute Gasteiger partial charge is 0.128 e. The largest absolute Gasteiger partial charge is 0.393 e. The van der Waals surface area contributed by atoms with Crippen molar-refractivity contribution >= 4 is 0 Å². The van der Waals surface area contributed by atoms with Gasteiger partial charge in [-0.05, 0) is 118 Å². The Morgan fingerprint density at radius 1 is 0.968 bits per heavy atom. The standard InChI is InChI=1S/C27H42N2O2/c1-25-12-9-19(30)17-18(25)5-6-20-21-7-8-23(26(21,2)13-10-22(20)25)27(3,31)14-11-24-28-15-4-16-29-24/h4,15-16,18-23,30-31H,5-14,17H2,1-3H3/t18?,19-,20-,21-,22-,23-,25-,26-,27+/m0/s1. The van der Waals surface area contributed by atoms with Crippen LogP contribution in [-0.2, 0) is 6.42 Å². The number of hydrogen-bond donors (Lipinski definition) is 2. The molecule has 1 unspecified atom stereocenters. The summed E-state index contributed by atoms with van der Waals surface area (Å²) in [6.07, 6.45) is 15.9. The maximum absolute atomic E-state index is 11.7. The first-order chi connectivity index (χ1) is 14.7. The Hall–Kier alpha value is -1.00. The van der Waals surface area contributed by atoms with Crippen LogP contribution in [0, 0.1) is 40.4 Å². The van der Waals surface area contributed by atoms with Crippen LogP contribution in [0.1, 0.15) is 90.8 Å². The number of hydrogen-bond acceptors (Lipinski definition) is 4. The second-order valence-electron chi connectivity index (χ2n) is 12.3. The van der Waals surface area contributed by atoms with E-state index in [-0.39, 0.29) is 11.5 Å². The summed E-state index contributed by atoms with van der Waals surface area (Å²) in [4.78, 5) is 8.74. The number of aliphatic hydroxyl groups excluding tert-OH is 1. The normalized spacial score (nSPS) is 46.5. The van der Waals surface area contributed by atoms with Crippen molar-refractivity contribution in [2.75, 3.05) is 0 Å². The van der Waals surface area contributed by atoms with Crippen LogP contribution < -0.4 is 0 Å². The van der Waals surface area contributed by atoms with Crippen LogP contribution in [0.2, 0.25) is 0 Å². The van der Waals surface area contributed by atoms with E-state index < -0.39 is 5.60 Å². The summed E-state index contributed by atoms with van der Waals surface area (Å²) in [6, 6.07) is 1.85. The van der Waals surface area contributed by atoms with Crippen molar-refractivity contribution in [3.8, 4) is 0 Å². The topological polar surface area (TPSA) is 66.2 Å². The van der Waals surface area contributed by atoms with Gasteiger partial charge in [-0.1, -0.05) is 13.8 Å². The minimum absolute atomic E-state index is 0.0666. The molecule has 1 heterocycles. The molecule has 4 aliphatic carbocycles. The van der Waals surface area contributed by atoms with E-state index in [9.17, 15) is 10.2 Å². The van der Waals surface area contributed by atoms with Crippen molar-refractivity contribution in [2.45, 2.75) is 103 Å². The summed E-state index contributed by atoms with van der Waals surface area (Å²) in [5.74, 6) is 4.31. The van der Waals surface area contributed by atoms with E-state index in [1.807, 2.05) is 6.07 Å². The van der Waals surface area contributed by atoms with Crippen LogP contribution in [0.4, 0.5) is 0 Å². The van der Waals surface area contributed by atoms with E-state index in [2.05, 4.69) is 30.7 Å². The predicted molar refractivity (Wildman–Crippen MR) is 122 cm³/mol. The molecule has 0 aromatic carbocycles. The highest BCUT2D eigenvalue weighted by atomic mass is 16.3. The van der Waals surface area contributed by atoms with Gasteiger partial charge in [-0.3, -0.25) is 0 Å². The second kappa shape index (κ2) is 7.80.